The Morgan fingerprint density at radius 2 is 1.93 bits per heavy atom. The van der Waals surface area contributed by atoms with E-state index < -0.39 is 0 Å². The molecule has 1 aliphatic rings. The van der Waals surface area contributed by atoms with E-state index in [4.69, 9.17) is 9.47 Å². The van der Waals surface area contributed by atoms with Gasteiger partial charge in [-0.15, -0.1) is 11.3 Å². The first kappa shape index (κ1) is 18.8. The average Bonchev–Trinajstić information content (AvgIpc) is 3.45. The lowest BCUT2D eigenvalue weighted by Gasteiger charge is -2.19. The monoisotopic (exact) mass is 418 g/mol. The summed E-state index contributed by atoms with van der Waals surface area (Å²) in [4.78, 5) is 17.3. The number of nitrogens with one attached hydrogen (secondary N) is 2. The van der Waals surface area contributed by atoms with E-state index in [-0.39, 0.29) is 11.8 Å². The molecule has 1 aliphatic heterocycles. The van der Waals surface area contributed by atoms with Gasteiger partial charge in [-0.25, -0.2) is 0 Å². The molecule has 0 fully saturated rings. The van der Waals surface area contributed by atoms with Gasteiger partial charge < -0.3 is 19.8 Å². The van der Waals surface area contributed by atoms with Crippen LogP contribution in [0.25, 0.3) is 10.9 Å². The van der Waals surface area contributed by atoms with Gasteiger partial charge >= 0.3 is 0 Å². The van der Waals surface area contributed by atoms with E-state index in [2.05, 4.69) is 46.1 Å². The van der Waals surface area contributed by atoms with Crippen molar-refractivity contribution in [1.82, 2.24) is 10.3 Å². The fourth-order valence-electron chi connectivity index (χ4n) is 3.90. The number of para-hydroxylation sites is 1. The molecule has 0 unspecified atom stereocenters. The van der Waals surface area contributed by atoms with Gasteiger partial charge in [0, 0.05) is 34.4 Å². The third kappa shape index (κ3) is 3.78. The zero-order valence-corrected chi connectivity index (χ0v) is 17.2. The smallest absolute Gasteiger partial charge is 0.224 e. The number of aromatic amines is 1. The highest BCUT2D eigenvalue weighted by Crippen LogP contribution is 2.33. The molecule has 6 heteroatoms. The lowest BCUT2D eigenvalue weighted by molar-refractivity contribution is -0.120. The lowest BCUT2D eigenvalue weighted by atomic mass is 9.96. The fourth-order valence-corrected chi connectivity index (χ4v) is 4.74. The van der Waals surface area contributed by atoms with Crippen molar-refractivity contribution in [2.24, 2.45) is 0 Å². The van der Waals surface area contributed by atoms with E-state index in [1.807, 2.05) is 30.3 Å². The molecule has 0 aliphatic carbocycles. The van der Waals surface area contributed by atoms with Gasteiger partial charge in [0.05, 0.1) is 6.42 Å². The minimum atomic E-state index is -0.00641. The summed E-state index contributed by atoms with van der Waals surface area (Å²) in [6.07, 6.45) is 2.36. The molecular weight excluding hydrogens is 396 g/mol. The molecule has 2 aromatic heterocycles. The average molecular weight is 419 g/mol. The second-order valence-corrected chi connectivity index (χ2v) is 8.30. The largest absolute Gasteiger partial charge is 0.486 e. The quantitative estimate of drug-likeness (QED) is 0.485. The number of H-pyrrole nitrogens is 1. The van der Waals surface area contributed by atoms with Crippen LogP contribution in [0.5, 0.6) is 11.5 Å². The van der Waals surface area contributed by atoms with E-state index in [0.717, 1.165) is 16.8 Å². The third-order valence-corrected chi connectivity index (χ3v) is 6.34. The Bertz CT molecular complexity index is 1170. The number of hydrogen-bond acceptors (Lipinski definition) is 4. The number of thiophene rings is 1. The molecule has 3 heterocycles. The van der Waals surface area contributed by atoms with Gasteiger partial charge in [-0.2, -0.15) is 0 Å². The highest BCUT2D eigenvalue weighted by molar-refractivity contribution is 7.10. The number of rotatable bonds is 6. The van der Waals surface area contributed by atoms with Crippen LogP contribution in [0.3, 0.4) is 0 Å². The van der Waals surface area contributed by atoms with Gasteiger partial charge in [-0.1, -0.05) is 30.3 Å². The molecule has 0 bridgehead atoms. The minimum Gasteiger partial charge on any atom is -0.486 e. The Morgan fingerprint density at radius 3 is 2.80 bits per heavy atom. The third-order valence-electron chi connectivity index (χ3n) is 5.36. The van der Waals surface area contributed by atoms with Gasteiger partial charge in [0.25, 0.3) is 0 Å². The van der Waals surface area contributed by atoms with Crippen LogP contribution in [0.4, 0.5) is 0 Å². The van der Waals surface area contributed by atoms with Crippen LogP contribution in [0.15, 0.2) is 66.2 Å². The number of ether oxygens (including phenoxy) is 2. The Kier molecular flexibility index (Phi) is 5.15. The zero-order valence-electron chi connectivity index (χ0n) is 16.4. The molecule has 30 heavy (non-hydrogen) atoms. The number of hydrogen-bond donors (Lipinski definition) is 2. The van der Waals surface area contributed by atoms with Gasteiger partial charge in [0.2, 0.25) is 5.91 Å². The normalized spacial score (nSPS) is 13.9. The highest BCUT2D eigenvalue weighted by atomic mass is 32.1. The SMILES string of the molecule is O=C(Cc1ccc2c(c1)OCCO2)NC[C@H](c1cccs1)c1c[nH]c2ccccc12. The van der Waals surface area contributed by atoms with Crippen molar-refractivity contribution in [1.29, 1.82) is 0 Å². The molecule has 5 nitrogen and oxygen atoms in total. The van der Waals surface area contributed by atoms with Gasteiger partial charge in [-0.05, 0) is 40.8 Å². The van der Waals surface area contributed by atoms with E-state index in [0.29, 0.717) is 31.9 Å². The molecule has 0 saturated heterocycles. The maximum Gasteiger partial charge on any atom is 0.224 e. The second kappa shape index (κ2) is 8.24. The number of fused-ring (bicyclic) bond motifs is 2. The molecular formula is C24H22N2O3S. The summed E-state index contributed by atoms with van der Waals surface area (Å²) >= 11 is 1.71. The summed E-state index contributed by atoms with van der Waals surface area (Å²) in [6.45, 7) is 1.65. The van der Waals surface area contributed by atoms with Crippen molar-refractivity contribution in [3.05, 3.63) is 82.2 Å². The van der Waals surface area contributed by atoms with Crippen molar-refractivity contribution in [3.63, 3.8) is 0 Å². The number of carbonyl (C=O) groups is 1. The second-order valence-electron chi connectivity index (χ2n) is 7.32. The van der Waals surface area contributed by atoms with Gasteiger partial charge in [-0.3, -0.25) is 4.79 Å². The van der Waals surface area contributed by atoms with Crippen LogP contribution in [0, 0.1) is 0 Å². The van der Waals surface area contributed by atoms with Crippen LogP contribution >= 0.6 is 11.3 Å². The van der Waals surface area contributed by atoms with Crippen LogP contribution in [-0.2, 0) is 11.2 Å². The summed E-state index contributed by atoms with van der Waals surface area (Å²) in [5, 5.41) is 6.40. The number of carbonyl (C=O) groups excluding carboxylic acids is 1. The van der Waals surface area contributed by atoms with E-state index >= 15 is 0 Å². The fraction of sp³-hybridized carbons (Fsp3) is 0.208. The minimum absolute atomic E-state index is 0.00641. The maximum absolute atomic E-state index is 12.7. The molecule has 152 valence electrons. The van der Waals surface area contributed by atoms with Crippen molar-refractivity contribution < 1.29 is 14.3 Å². The molecule has 1 atom stereocenters. The predicted molar refractivity (Wildman–Crippen MR) is 119 cm³/mol. The number of amides is 1. The van der Waals surface area contributed by atoms with E-state index in [9.17, 15) is 4.79 Å². The van der Waals surface area contributed by atoms with E-state index in [1.165, 1.54) is 15.8 Å². The van der Waals surface area contributed by atoms with Gasteiger partial charge in [0.15, 0.2) is 11.5 Å². The van der Waals surface area contributed by atoms with Crippen molar-refractivity contribution in [3.8, 4) is 11.5 Å². The van der Waals surface area contributed by atoms with Crippen molar-refractivity contribution in [2.75, 3.05) is 19.8 Å². The molecule has 0 saturated carbocycles. The molecule has 0 spiro atoms. The van der Waals surface area contributed by atoms with Crippen LogP contribution < -0.4 is 14.8 Å². The van der Waals surface area contributed by atoms with Crippen LogP contribution in [-0.4, -0.2) is 30.6 Å². The summed E-state index contributed by atoms with van der Waals surface area (Å²) in [6, 6.07) is 18.1. The Morgan fingerprint density at radius 1 is 1.07 bits per heavy atom. The summed E-state index contributed by atoms with van der Waals surface area (Å²) in [5.74, 6) is 1.54. The Hall–Kier alpha value is -3.25. The predicted octanol–water partition coefficient (Wildman–Crippen LogP) is 4.49. The topological polar surface area (TPSA) is 63.4 Å². The first-order chi connectivity index (χ1) is 14.8. The van der Waals surface area contributed by atoms with Crippen LogP contribution in [0.2, 0.25) is 0 Å². The summed E-state index contributed by atoms with van der Waals surface area (Å²) in [7, 11) is 0. The molecule has 2 N–H and O–H groups in total. The van der Waals surface area contributed by atoms with Crippen molar-refractivity contribution >= 4 is 28.1 Å². The molecule has 1 amide bonds. The molecule has 4 aromatic rings. The summed E-state index contributed by atoms with van der Waals surface area (Å²) in [5.41, 5.74) is 3.22. The van der Waals surface area contributed by atoms with Crippen LogP contribution in [0.1, 0.15) is 21.9 Å². The summed E-state index contributed by atoms with van der Waals surface area (Å²) < 4.78 is 11.2. The Balaban J connectivity index is 1.32. The molecule has 0 radical (unpaired) electrons. The molecule has 2 aromatic carbocycles. The first-order valence-electron chi connectivity index (χ1n) is 10.0. The van der Waals surface area contributed by atoms with Gasteiger partial charge in [0.1, 0.15) is 13.2 Å². The molecule has 5 rings (SSSR count). The van der Waals surface area contributed by atoms with E-state index in [1.54, 1.807) is 11.3 Å². The first-order valence-corrected chi connectivity index (χ1v) is 10.9. The van der Waals surface area contributed by atoms with Crippen molar-refractivity contribution in [2.45, 2.75) is 12.3 Å². The Labute approximate surface area is 178 Å². The highest BCUT2D eigenvalue weighted by Gasteiger charge is 2.20. The maximum atomic E-state index is 12.7. The standard InChI is InChI=1S/C24H22N2O3S/c27-24(13-16-7-8-21-22(12-16)29-10-9-28-21)26-15-19(23-6-3-11-30-23)18-14-25-20-5-2-1-4-17(18)20/h1-8,11-12,14,19,25H,9-10,13,15H2,(H,26,27)/t19-/m0/s1. The number of aromatic nitrogens is 1. The zero-order chi connectivity index (χ0) is 20.3. The number of benzene rings is 2. The lowest BCUT2D eigenvalue weighted by Crippen LogP contribution is -2.30.